The second-order valence-electron chi connectivity index (χ2n) is 7.40. The second kappa shape index (κ2) is 6.74. The lowest BCUT2D eigenvalue weighted by Crippen LogP contribution is -2.24. The van der Waals surface area contributed by atoms with Gasteiger partial charge in [-0.1, -0.05) is 48.0 Å². The maximum absolute atomic E-state index is 6.40. The van der Waals surface area contributed by atoms with E-state index in [0.717, 1.165) is 24.4 Å². The van der Waals surface area contributed by atoms with Crippen molar-refractivity contribution in [1.29, 1.82) is 0 Å². The van der Waals surface area contributed by atoms with Gasteiger partial charge in [0.25, 0.3) is 0 Å². The van der Waals surface area contributed by atoms with E-state index in [1.165, 1.54) is 16.7 Å². The van der Waals surface area contributed by atoms with E-state index in [-0.39, 0.29) is 9.49 Å². The Labute approximate surface area is 155 Å². The zero-order valence-corrected chi connectivity index (χ0v) is 16.5. The topological polar surface area (TPSA) is 3.24 Å². The Kier molecular flexibility index (Phi) is 5.01. The maximum Gasteiger partial charge on any atom is 0.0669 e. The van der Waals surface area contributed by atoms with Crippen LogP contribution >= 0.6 is 23.4 Å². The average molecular weight is 360 g/mol. The molecule has 0 unspecified atom stereocenters. The maximum atomic E-state index is 6.40. The van der Waals surface area contributed by atoms with Crippen molar-refractivity contribution in [1.82, 2.24) is 4.90 Å². The molecule has 0 radical (unpaired) electrons. The van der Waals surface area contributed by atoms with Gasteiger partial charge in [0.15, 0.2) is 0 Å². The fourth-order valence-corrected chi connectivity index (χ4v) is 5.93. The molecular formula is C21H26ClNS. The number of halogens is 1. The Hall–Kier alpha value is -0.960. The lowest BCUT2D eigenvalue weighted by atomic mass is 9.82. The Morgan fingerprint density at radius 3 is 2.38 bits per heavy atom. The third kappa shape index (κ3) is 3.24. The molecule has 128 valence electrons. The molecule has 2 aromatic rings. The van der Waals surface area contributed by atoms with Crippen molar-refractivity contribution in [2.24, 2.45) is 0 Å². The Balaban J connectivity index is 2.11. The Morgan fingerprint density at radius 2 is 1.71 bits per heavy atom. The van der Waals surface area contributed by atoms with Crippen LogP contribution < -0.4 is 0 Å². The van der Waals surface area contributed by atoms with Crippen LogP contribution in [0.4, 0.5) is 0 Å². The number of fused-ring (bicyclic) bond motifs is 1. The van der Waals surface area contributed by atoms with E-state index in [0.29, 0.717) is 0 Å². The van der Waals surface area contributed by atoms with Crippen LogP contribution in [0.15, 0.2) is 48.5 Å². The number of rotatable bonds is 5. The predicted octanol–water partition coefficient (Wildman–Crippen LogP) is 5.91. The first-order valence-electron chi connectivity index (χ1n) is 8.56. The molecule has 0 amide bonds. The Morgan fingerprint density at radius 1 is 1.00 bits per heavy atom. The van der Waals surface area contributed by atoms with E-state index >= 15 is 0 Å². The van der Waals surface area contributed by atoms with E-state index in [9.17, 15) is 0 Å². The molecule has 0 aliphatic carbocycles. The molecule has 3 rings (SSSR count). The molecule has 1 aliphatic heterocycles. The van der Waals surface area contributed by atoms with E-state index in [4.69, 9.17) is 11.6 Å². The molecule has 2 aromatic carbocycles. The normalized spacial score (nSPS) is 21.9. The smallest absolute Gasteiger partial charge is 0.0669 e. The van der Waals surface area contributed by atoms with Crippen LogP contribution in [0.1, 0.15) is 43.4 Å². The minimum Gasteiger partial charge on any atom is -0.309 e. The fourth-order valence-electron chi connectivity index (χ4n) is 3.82. The highest BCUT2D eigenvalue weighted by atomic mass is 35.5. The Bertz CT molecular complexity index is 711. The van der Waals surface area contributed by atoms with Crippen LogP contribution in [0.25, 0.3) is 0 Å². The van der Waals surface area contributed by atoms with Crippen LogP contribution in [-0.4, -0.2) is 25.5 Å². The van der Waals surface area contributed by atoms with Crippen LogP contribution in [0.3, 0.4) is 0 Å². The molecule has 1 heterocycles. The fraction of sp³-hybridized carbons (Fsp3) is 0.429. The summed E-state index contributed by atoms with van der Waals surface area (Å²) < 4.78 is 0.0783. The van der Waals surface area contributed by atoms with Gasteiger partial charge in [0.2, 0.25) is 0 Å². The summed E-state index contributed by atoms with van der Waals surface area (Å²) in [6, 6.07) is 17.4. The summed E-state index contributed by atoms with van der Waals surface area (Å²) in [5.74, 6) is 0. The third-order valence-electron chi connectivity index (χ3n) is 4.87. The van der Waals surface area contributed by atoms with Gasteiger partial charge < -0.3 is 4.90 Å². The zero-order chi connectivity index (χ0) is 17.4. The van der Waals surface area contributed by atoms with Crippen molar-refractivity contribution in [3.05, 3.63) is 70.2 Å². The van der Waals surface area contributed by atoms with Gasteiger partial charge in [-0.25, -0.2) is 0 Å². The van der Waals surface area contributed by atoms with Gasteiger partial charge in [-0.3, -0.25) is 0 Å². The molecule has 0 N–H and O–H groups in total. The third-order valence-corrected chi connectivity index (χ3v) is 6.84. The zero-order valence-electron chi connectivity index (χ0n) is 15.0. The first-order chi connectivity index (χ1) is 11.3. The summed E-state index contributed by atoms with van der Waals surface area (Å²) in [5, 5.41) is 0.833. The molecule has 0 fully saturated rings. The largest absolute Gasteiger partial charge is 0.309 e. The van der Waals surface area contributed by atoms with Crippen molar-refractivity contribution in [2.75, 3.05) is 20.6 Å². The van der Waals surface area contributed by atoms with Crippen molar-refractivity contribution in [2.45, 2.75) is 36.2 Å². The summed E-state index contributed by atoms with van der Waals surface area (Å²) in [5.41, 5.74) is 4.21. The summed E-state index contributed by atoms with van der Waals surface area (Å²) in [4.78, 5) is 2.27. The molecule has 0 spiro atoms. The summed E-state index contributed by atoms with van der Waals surface area (Å²) in [6.45, 7) is 5.77. The lowest BCUT2D eigenvalue weighted by molar-refractivity contribution is 0.386. The highest BCUT2D eigenvalue weighted by Gasteiger charge is 2.49. The highest BCUT2D eigenvalue weighted by Crippen LogP contribution is 2.63. The summed E-state index contributed by atoms with van der Waals surface area (Å²) >= 11 is 8.48. The van der Waals surface area contributed by atoms with Crippen molar-refractivity contribution in [3.63, 3.8) is 0 Å². The molecule has 24 heavy (non-hydrogen) atoms. The minimum absolute atomic E-state index is 0.0129. The average Bonchev–Trinajstić information content (AvgIpc) is 2.76. The van der Waals surface area contributed by atoms with Crippen LogP contribution in [0, 0.1) is 0 Å². The van der Waals surface area contributed by atoms with Gasteiger partial charge in [-0.05, 0) is 76.2 Å². The van der Waals surface area contributed by atoms with E-state index in [1.54, 1.807) is 0 Å². The van der Waals surface area contributed by atoms with Crippen molar-refractivity contribution < 1.29 is 0 Å². The second-order valence-corrected chi connectivity index (χ2v) is 9.76. The van der Waals surface area contributed by atoms with Crippen LogP contribution in [-0.2, 0) is 9.49 Å². The van der Waals surface area contributed by atoms with Crippen LogP contribution in [0.2, 0.25) is 5.02 Å². The van der Waals surface area contributed by atoms with Crippen LogP contribution in [0.5, 0.6) is 0 Å². The highest BCUT2D eigenvalue weighted by molar-refractivity contribution is 8.01. The van der Waals surface area contributed by atoms with Crippen molar-refractivity contribution in [3.8, 4) is 0 Å². The molecule has 1 nitrogen and oxygen atoms in total. The molecular weight excluding hydrogens is 334 g/mol. The van der Waals surface area contributed by atoms with E-state index in [1.807, 2.05) is 6.07 Å². The molecule has 3 heteroatoms. The number of benzene rings is 2. The van der Waals surface area contributed by atoms with Gasteiger partial charge in [0.1, 0.15) is 0 Å². The first-order valence-corrected chi connectivity index (χ1v) is 9.75. The molecule has 0 aromatic heterocycles. The van der Waals surface area contributed by atoms with E-state index in [2.05, 4.69) is 87.1 Å². The number of hydrogen-bond acceptors (Lipinski definition) is 2. The van der Waals surface area contributed by atoms with Gasteiger partial charge in [0.05, 0.1) is 4.75 Å². The van der Waals surface area contributed by atoms with Gasteiger partial charge in [0, 0.05) is 9.77 Å². The first kappa shape index (κ1) is 17.8. The van der Waals surface area contributed by atoms with E-state index < -0.39 is 0 Å². The van der Waals surface area contributed by atoms with Gasteiger partial charge >= 0.3 is 0 Å². The summed E-state index contributed by atoms with van der Waals surface area (Å²) in [7, 11) is 4.29. The monoisotopic (exact) mass is 359 g/mol. The number of thioether (sulfide) groups is 1. The number of hydrogen-bond donors (Lipinski definition) is 0. The quantitative estimate of drug-likeness (QED) is 0.653. The minimum atomic E-state index is -0.0129. The van der Waals surface area contributed by atoms with Gasteiger partial charge in [-0.15, -0.1) is 11.8 Å². The SMILES string of the molecule is CN(C)CCC[C@@]1(c2ccccc2)SC(C)(C)c2ccc(Cl)cc21. The predicted molar refractivity (Wildman–Crippen MR) is 107 cm³/mol. The summed E-state index contributed by atoms with van der Waals surface area (Å²) in [6.07, 6.45) is 2.29. The van der Waals surface area contributed by atoms with Crippen molar-refractivity contribution >= 4 is 23.4 Å². The van der Waals surface area contributed by atoms with Gasteiger partial charge in [-0.2, -0.15) is 0 Å². The molecule has 0 saturated heterocycles. The molecule has 0 saturated carbocycles. The molecule has 1 aliphatic rings. The number of nitrogens with zero attached hydrogens (tertiary/aromatic N) is 1. The standard InChI is InChI=1S/C21H26ClNS/c1-20(2)18-12-11-17(22)15-19(18)21(24-20,13-8-14-23(3)4)16-9-6-5-7-10-16/h5-7,9-12,15H,8,13-14H2,1-4H3/t21-/m0/s1. The molecule has 0 bridgehead atoms. The molecule has 1 atom stereocenters. The lowest BCUT2D eigenvalue weighted by Gasteiger charge is -2.33.